The van der Waals surface area contributed by atoms with E-state index >= 15 is 0 Å². The number of hydrogen-bond acceptors (Lipinski definition) is 4. The van der Waals surface area contributed by atoms with Crippen molar-refractivity contribution in [2.75, 3.05) is 6.61 Å². The number of rotatable bonds is 4. The van der Waals surface area contributed by atoms with E-state index in [1.54, 1.807) is 6.07 Å². The predicted molar refractivity (Wildman–Crippen MR) is 80.4 cm³/mol. The second-order valence-electron chi connectivity index (χ2n) is 3.25. The van der Waals surface area contributed by atoms with Crippen LogP contribution in [0.5, 0.6) is 0 Å². The first-order valence-electron chi connectivity index (χ1n) is 4.70. The van der Waals surface area contributed by atoms with Gasteiger partial charge in [0, 0.05) is 24.3 Å². The molecule has 0 aromatic heterocycles. The summed E-state index contributed by atoms with van der Waals surface area (Å²) in [5.41, 5.74) is 0.337. The van der Waals surface area contributed by atoms with Crippen LogP contribution in [0.1, 0.15) is 16.8 Å². The molecule has 2 N–H and O–H groups in total. The Bertz CT molecular complexity index is 462. The standard InChI is InChI=1S/C10H8Br4O4/c11-5-3-4(7(12)9(14)8(5)13)10(17)18-2-1-6(15)16/h3,6,15-16H,1-2H2. The summed E-state index contributed by atoms with van der Waals surface area (Å²) >= 11 is 13.3. The van der Waals surface area contributed by atoms with Crippen LogP contribution in [0.4, 0.5) is 0 Å². The lowest BCUT2D eigenvalue weighted by molar-refractivity contribution is -0.0562. The van der Waals surface area contributed by atoms with Gasteiger partial charge >= 0.3 is 5.97 Å². The van der Waals surface area contributed by atoms with Gasteiger partial charge in [0.15, 0.2) is 6.29 Å². The fraction of sp³-hybridized carbons (Fsp3) is 0.300. The molecule has 4 nitrogen and oxygen atoms in total. The van der Waals surface area contributed by atoms with Crippen molar-refractivity contribution in [1.82, 2.24) is 0 Å². The van der Waals surface area contributed by atoms with Gasteiger partial charge in [-0.1, -0.05) is 0 Å². The van der Waals surface area contributed by atoms with Crippen molar-refractivity contribution in [2.24, 2.45) is 0 Å². The minimum absolute atomic E-state index is 0.0256. The summed E-state index contributed by atoms with van der Waals surface area (Å²) in [6.07, 6.45) is -1.51. The maximum Gasteiger partial charge on any atom is 0.339 e. The molecule has 0 saturated carbocycles. The van der Waals surface area contributed by atoms with Crippen LogP contribution in [0, 0.1) is 0 Å². The maximum atomic E-state index is 11.8. The van der Waals surface area contributed by atoms with Gasteiger partial charge in [0.25, 0.3) is 0 Å². The van der Waals surface area contributed by atoms with E-state index in [1.807, 2.05) is 0 Å². The van der Waals surface area contributed by atoms with Gasteiger partial charge in [-0.05, 0) is 69.8 Å². The van der Waals surface area contributed by atoms with Crippen LogP contribution < -0.4 is 0 Å². The Balaban J connectivity index is 2.87. The average Bonchev–Trinajstić information content (AvgIpc) is 2.30. The lowest BCUT2D eigenvalue weighted by atomic mass is 10.2. The Morgan fingerprint density at radius 3 is 2.33 bits per heavy atom. The number of esters is 1. The highest BCUT2D eigenvalue weighted by molar-refractivity contribution is 9.15. The smallest absolute Gasteiger partial charge is 0.339 e. The van der Waals surface area contributed by atoms with Crippen molar-refractivity contribution in [2.45, 2.75) is 12.7 Å². The fourth-order valence-electron chi connectivity index (χ4n) is 1.06. The number of benzene rings is 1. The van der Waals surface area contributed by atoms with Crippen LogP contribution in [0.2, 0.25) is 0 Å². The molecule has 0 spiro atoms. The number of ether oxygens (including phenoxy) is 1. The Hall–Kier alpha value is 0.530. The molecule has 0 radical (unpaired) electrons. The highest BCUT2D eigenvalue weighted by Gasteiger charge is 2.18. The molecule has 0 fully saturated rings. The number of halogens is 4. The van der Waals surface area contributed by atoms with E-state index in [9.17, 15) is 4.79 Å². The Morgan fingerprint density at radius 2 is 1.78 bits per heavy atom. The Morgan fingerprint density at radius 1 is 1.17 bits per heavy atom. The quantitative estimate of drug-likeness (QED) is 0.281. The molecular weight excluding hydrogens is 504 g/mol. The van der Waals surface area contributed by atoms with Crippen LogP contribution in [-0.2, 0) is 4.74 Å². The molecule has 0 aliphatic carbocycles. The van der Waals surface area contributed by atoms with E-state index < -0.39 is 12.3 Å². The molecule has 1 aromatic carbocycles. The van der Waals surface area contributed by atoms with Gasteiger partial charge in [-0.15, -0.1) is 0 Å². The summed E-state index contributed by atoms with van der Waals surface area (Å²) in [5, 5.41) is 17.3. The number of hydrogen-bond donors (Lipinski definition) is 2. The number of aliphatic hydroxyl groups is 2. The van der Waals surface area contributed by atoms with Gasteiger partial charge in [0.2, 0.25) is 0 Å². The summed E-state index contributed by atoms with van der Waals surface area (Å²) in [7, 11) is 0. The second kappa shape index (κ2) is 7.35. The number of carbonyl (C=O) groups excluding carboxylic acids is 1. The zero-order chi connectivity index (χ0) is 13.9. The Labute approximate surface area is 137 Å². The van der Waals surface area contributed by atoms with Gasteiger partial charge < -0.3 is 14.9 Å². The van der Waals surface area contributed by atoms with Crippen molar-refractivity contribution in [1.29, 1.82) is 0 Å². The normalized spacial score (nSPS) is 10.8. The van der Waals surface area contributed by atoms with Crippen LogP contribution in [0.15, 0.2) is 24.0 Å². The third-order valence-corrected chi connectivity index (χ3v) is 6.59. The molecule has 1 aromatic rings. The molecule has 0 aliphatic rings. The molecular formula is C10H8Br4O4. The summed E-state index contributed by atoms with van der Waals surface area (Å²) in [5.74, 6) is -0.545. The summed E-state index contributed by atoms with van der Waals surface area (Å²) in [6.45, 7) is -0.0613. The predicted octanol–water partition coefficient (Wildman–Crippen LogP) is 3.59. The highest BCUT2D eigenvalue weighted by Crippen LogP contribution is 2.39. The number of aliphatic hydroxyl groups excluding tert-OH is 1. The van der Waals surface area contributed by atoms with Crippen molar-refractivity contribution in [3.05, 3.63) is 29.5 Å². The number of carbonyl (C=O) groups is 1. The SMILES string of the molecule is O=C(OCCC(O)O)c1cc(Br)c(Br)c(Br)c1Br. The van der Waals surface area contributed by atoms with Gasteiger partial charge in [0.1, 0.15) is 0 Å². The molecule has 0 aliphatic heterocycles. The van der Waals surface area contributed by atoms with E-state index in [-0.39, 0.29) is 13.0 Å². The van der Waals surface area contributed by atoms with E-state index in [2.05, 4.69) is 63.7 Å². The third-order valence-electron chi connectivity index (χ3n) is 1.93. The zero-order valence-corrected chi connectivity index (χ0v) is 15.1. The summed E-state index contributed by atoms with van der Waals surface area (Å²) in [6, 6.07) is 1.61. The average molecular weight is 512 g/mol. The first kappa shape index (κ1) is 16.6. The van der Waals surface area contributed by atoms with Crippen molar-refractivity contribution < 1.29 is 19.7 Å². The monoisotopic (exact) mass is 508 g/mol. The third kappa shape index (κ3) is 4.28. The lowest BCUT2D eigenvalue weighted by Gasteiger charge is -2.10. The summed E-state index contributed by atoms with van der Waals surface area (Å²) < 4.78 is 7.65. The first-order chi connectivity index (χ1) is 8.34. The molecule has 0 unspecified atom stereocenters. The minimum atomic E-state index is -1.48. The van der Waals surface area contributed by atoms with E-state index in [0.717, 1.165) is 4.47 Å². The van der Waals surface area contributed by atoms with E-state index in [1.165, 1.54) is 0 Å². The summed E-state index contributed by atoms with van der Waals surface area (Å²) in [4.78, 5) is 11.8. The maximum absolute atomic E-state index is 11.8. The molecule has 100 valence electrons. The zero-order valence-electron chi connectivity index (χ0n) is 8.79. The van der Waals surface area contributed by atoms with Gasteiger partial charge in [-0.25, -0.2) is 4.79 Å². The van der Waals surface area contributed by atoms with Crippen molar-refractivity contribution >= 4 is 69.7 Å². The van der Waals surface area contributed by atoms with Crippen LogP contribution in [0.3, 0.4) is 0 Å². The minimum Gasteiger partial charge on any atom is -0.462 e. The molecule has 1 rings (SSSR count). The molecule has 0 heterocycles. The molecule has 0 bridgehead atoms. The van der Waals surface area contributed by atoms with Crippen molar-refractivity contribution in [3.63, 3.8) is 0 Å². The van der Waals surface area contributed by atoms with Gasteiger partial charge in [0.05, 0.1) is 12.2 Å². The Kier molecular flexibility index (Phi) is 6.77. The highest BCUT2D eigenvalue weighted by atomic mass is 79.9. The molecule has 0 saturated heterocycles. The fourth-order valence-corrected chi connectivity index (χ4v) is 3.23. The van der Waals surface area contributed by atoms with Gasteiger partial charge in [-0.3, -0.25) is 0 Å². The molecule has 18 heavy (non-hydrogen) atoms. The van der Waals surface area contributed by atoms with Crippen LogP contribution in [0.25, 0.3) is 0 Å². The van der Waals surface area contributed by atoms with Crippen molar-refractivity contribution in [3.8, 4) is 0 Å². The van der Waals surface area contributed by atoms with E-state index in [0.29, 0.717) is 19.0 Å². The van der Waals surface area contributed by atoms with Crippen LogP contribution >= 0.6 is 63.7 Å². The molecule has 8 heteroatoms. The first-order valence-corrected chi connectivity index (χ1v) is 7.88. The largest absolute Gasteiger partial charge is 0.462 e. The molecule has 0 atom stereocenters. The van der Waals surface area contributed by atoms with Crippen LogP contribution in [-0.4, -0.2) is 29.1 Å². The second-order valence-corrected chi connectivity index (χ2v) is 6.49. The molecule has 0 amide bonds. The topological polar surface area (TPSA) is 66.8 Å². The lowest BCUT2D eigenvalue weighted by Crippen LogP contribution is -2.13. The van der Waals surface area contributed by atoms with E-state index in [4.69, 9.17) is 14.9 Å². The van der Waals surface area contributed by atoms with Gasteiger partial charge in [-0.2, -0.15) is 0 Å².